The van der Waals surface area contributed by atoms with Gasteiger partial charge in [-0.3, -0.25) is 19.7 Å². The Morgan fingerprint density at radius 1 is 1.16 bits per heavy atom. The fraction of sp³-hybridized carbons (Fsp3) is 0.294. The van der Waals surface area contributed by atoms with Gasteiger partial charge in [0.15, 0.2) is 5.82 Å². The van der Waals surface area contributed by atoms with Gasteiger partial charge in [0, 0.05) is 30.4 Å². The van der Waals surface area contributed by atoms with Crippen LogP contribution in [0.25, 0.3) is 0 Å². The van der Waals surface area contributed by atoms with E-state index in [1.54, 1.807) is 30.0 Å². The lowest BCUT2D eigenvalue weighted by atomic mass is 10.1. The molecule has 1 aromatic carbocycles. The summed E-state index contributed by atoms with van der Waals surface area (Å²) in [7, 11) is 0. The minimum atomic E-state index is -0.843. The van der Waals surface area contributed by atoms with Crippen molar-refractivity contribution >= 4 is 34.9 Å². The normalized spacial score (nSPS) is 13.8. The smallest absolute Gasteiger partial charge is 0.315 e. The van der Waals surface area contributed by atoms with Gasteiger partial charge in [-0.15, -0.1) is 0 Å². The van der Waals surface area contributed by atoms with Crippen molar-refractivity contribution in [2.24, 2.45) is 0 Å². The number of anilines is 3. The lowest BCUT2D eigenvalue weighted by molar-refractivity contribution is -0.133. The Bertz CT molecular complexity index is 843. The van der Waals surface area contributed by atoms with Crippen LogP contribution in [0.3, 0.4) is 0 Å². The number of aryl methyl sites for hydroxylation is 2. The Labute approximate surface area is 144 Å². The van der Waals surface area contributed by atoms with E-state index in [0.29, 0.717) is 24.4 Å². The maximum atomic E-state index is 12.0. The van der Waals surface area contributed by atoms with E-state index < -0.39 is 11.8 Å². The summed E-state index contributed by atoms with van der Waals surface area (Å²) in [5.74, 6) is -0.855. The van der Waals surface area contributed by atoms with Gasteiger partial charge in [-0.05, 0) is 44.0 Å². The van der Waals surface area contributed by atoms with Crippen LogP contribution in [-0.4, -0.2) is 29.4 Å². The van der Waals surface area contributed by atoms with Gasteiger partial charge >= 0.3 is 11.8 Å². The second-order valence-electron chi connectivity index (χ2n) is 5.88. The minimum absolute atomic E-state index is 0.0992. The summed E-state index contributed by atoms with van der Waals surface area (Å²) in [6.07, 6.45) is 1.40. The van der Waals surface area contributed by atoms with E-state index in [9.17, 15) is 14.4 Å². The van der Waals surface area contributed by atoms with Crippen molar-refractivity contribution in [3.8, 4) is 0 Å². The molecule has 1 aliphatic heterocycles. The highest BCUT2D eigenvalue weighted by Crippen LogP contribution is 2.27. The third-order valence-electron chi connectivity index (χ3n) is 3.89. The van der Waals surface area contributed by atoms with Crippen LogP contribution in [0.2, 0.25) is 0 Å². The Kier molecular flexibility index (Phi) is 4.51. The maximum absolute atomic E-state index is 12.0. The van der Waals surface area contributed by atoms with Gasteiger partial charge in [0.05, 0.1) is 0 Å². The largest absolute Gasteiger partial charge is 0.360 e. The van der Waals surface area contributed by atoms with Crippen LogP contribution in [0.4, 0.5) is 17.2 Å². The summed E-state index contributed by atoms with van der Waals surface area (Å²) in [5, 5.41) is 8.47. The topological polar surface area (TPSA) is 105 Å². The highest BCUT2D eigenvalue weighted by molar-refractivity contribution is 6.43. The predicted octanol–water partition coefficient (Wildman–Crippen LogP) is 2.00. The number of nitrogens with one attached hydrogen (secondary N) is 2. The van der Waals surface area contributed by atoms with Gasteiger partial charge in [-0.2, -0.15) is 0 Å². The van der Waals surface area contributed by atoms with Gasteiger partial charge in [-0.25, -0.2) is 0 Å². The first-order chi connectivity index (χ1) is 11.9. The van der Waals surface area contributed by atoms with Gasteiger partial charge in [0.25, 0.3) is 0 Å². The van der Waals surface area contributed by atoms with Crippen LogP contribution in [0.15, 0.2) is 28.8 Å². The minimum Gasteiger partial charge on any atom is -0.360 e. The third kappa shape index (κ3) is 3.68. The number of benzene rings is 1. The molecule has 2 N–H and O–H groups in total. The summed E-state index contributed by atoms with van der Waals surface area (Å²) in [4.78, 5) is 37.4. The highest BCUT2D eigenvalue weighted by atomic mass is 16.5. The molecule has 0 radical (unpaired) electrons. The first-order valence-corrected chi connectivity index (χ1v) is 7.91. The van der Waals surface area contributed by atoms with Crippen LogP contribution in [0, 0.1) is 13.8 Å². The van der Waals surface area contributed by atoms with E-state index in [-0.39, 0.29) is 11.7 Å². The Morgan fingerprint density at radius 3 is 2.52 bits per heavy atom. The highest BCUT2D eigenvalue weighted by Gasteiger charge is 2.23. The number of nitrogens with zero attached hydrogens (tertiary/aromatic N) is 2. The average molecular weight is 342 g/mol. The van der Waals surface area contributed by atoms with E-state index in [2.05, 4.69) is 15.8 Å². The molecule has 0 spiro atoms. The predicted molar refractivity (Wildman–Crippen MR) is 91.3 cm³/mol. The Balaban J connectivity index is 1.66. The summed E-state index contributed by atoms with van der Waals surface area (Å²) < 4.78 is 4.82. The standard InChI is InChI=1S/C17H18N4O4/c1-10-8-12(5-6-13(10)21-7-3-4-15(21)22)18-16(23)17(24)19-14-9-11(2)25-20-14/h5-6,8-9H,3-4,7H2,1-2H3,(H,18,23)(H,19,20,24). The van der Waals surface area contributed by atoms with Crippen molar-refractivity contribution in [1.82, 2.24) is 5.16 Å². The van der Waals surface area contributed by atoms with Crippen molar-refractivity contribution in [1.29, 1.82) is 0 Å². The van der Waals surface area contributed by atoms with E-state index in [1.165, 1.54) is 6.07 Å². The lowest BCUT2D eigenvalue weighted by Gasteiger charge is -2.19. The molecule has 3 amide bonds. The maximum Gasteiger partial charge on any atom is 0.315 e. The molecule has 2 aromatic rings. The van der Waals surface area contributed by atoms with Crippen LogP contribution in [-0.2, 0) is 14.4 Å². The van der Waals surface area contributed by atoms with E-state index in [1.807, 2.05) is 6.92 Å². The molecule has 0 saturated carbocycles. The zero-order valence-corrected chi connectivity index (χ0v) is 14.0. The van der Waals surface area contributed by atoms with Crippen molar-refractivity contribution < 1.29 is 18.9 Å². The molecule has 25 heavy (non-hydrogen) atoms. The van der Waals surface area contributed by atoms with Crippen LogP contribution in [0.1, 0.15) is 24.2 Å². The summed E-state index contributed by atoms with van der Waals surface area (Å²) in [5.41, 5.74) is 2.15. The zero-order valence-electron chi connectivity index (χ0n) is 14.0. The molecule has 8 nitrogen and oxygen atoms in total. The molecule has 0 unspecified atom stereocenters. The Morgan fingerprint density at radius 2 is 1.92 bits per heavy atom. The molecule has 130 valence electrons. The molecule has 1 aliphatic rings. The second kappa shape index (κ2) is 6.76. The molecule has 8 heteroatoms. The fourth-order valence-electron chi connectivity index (χ4n) is 2.73. The number of hydrogen-bond donors (Lipinski definition) is 2. The quantitative estimate of drug-likeness (QED) is 0.830. The van der Waals surface area contributed by atoms with E-state index in [0.717, 1.165) is 17.7 Å². The molecule has 2 heterocycles. The van der Waals surface area contributed by atoms with E-state index >= 15 is 0 Å². The molecule has 0 bridgehead atoms. The van der Waals surface area contributed by atoms with Gasteiger partial charge in [-0.1, -0.05) is 5.16 Å². The molecular weight excluding hydrogens is 324 g/mol. The first kappa shape index (κ1) is 16.7. The molecule has 1 saturated heterocycles. The second-order valence-corrected chi connectivity index (χ2v) is 5.88. The van der Waals surface area contributed by atoms with Gasteiger partial charge in [0.1, 0.15) is 5.76 Å². The number of aromatic nitrogens is 1. The van der Waals surface area contributed by atoms with Crippen molar-refractivity contribution in [3.63, 3.8) is 0 Å². The van der Waals surface area contributed by atoms with Gasteiger partial charge < -0.3 is 14.7 Å². The fourth-order valence-corrected chi connectivity index (χ4v) is 2.73. The molecule has 0 atom stereocenters. The number of rotatable bonds is 3. The van der Waals surface area contributed by atoms with Crippen LogP contribution >= 0.6 is 0 Å². The van der Waals surface area contributed by atoms with Gasteiger partial charge in [0.2, 0.25) is 5.91 Å². The van der Waals surface area contributed by atoms with Crippen molar-refractivity contribution in [2.75, 3.05) is 22.1 Å². The average Bonchev–Trinajstić information content (AvgIpc) is 3.16. The van der Waals surface area contributed by atoms with E-state index in [4.69, 9.17) is 4.52 Å². The molecule has 3 rings (SSSR count). The summed E-state index contributed by atoms with van der Waals surface area (Å²) in [6.45, 7) is 4.23. The number of carbonyl (C=O) groups is 3. The monoisotopic (exact) mass is 342 g/mol. The first-order valence-electron chi connectivity index (χ1n) is 7.91. The Hall–Kier alpha value is -3.16. The van der Waals surface area contributed by atoms with Crippen molar-refractivity contribution in [3.05, 3.63) is 35.6 Å². The lowest BCUT2D eigenvalue weighted by Crippen LogP contribution is -2.29. The number of amides is 3. The number of hydrogen-bond acceptors (Lipinski definition) is 5. The molecule has 0 aliphatic carbocycles. The number of carbonyl (C=O) groups excluding carboxylic acids is 3. The van der Waals surface area contributed by atoms with Crippen molar-refractivity contribution in [2.45, 2.75) is 26.7 Å². The summed E-state index contributed by atoms with van der Waals surface area (Å²) >= 11 is 0. The molecule has 1 aromatic heterocycles. The zero-order chi connectivity index (χ0) is 18.0. The summed E-state index contributed by atoms with van der Waals surface area (Å²) in [6, 6.07) is 6.68. The van der Waals surface area contributed by atoms with Crippen LogP contribution in [0.5, 0.6) is 0 Å². The third-order valence-corrected chi connectivity index (χ3v) is 3.89. The SMILES string of the molecule is Cc1cc(NC(=O)C(=O)Nc2ccc(N3CCCC3=O)c(C)c2)no1. The molecule has 1 fully saturated rings. The van der Waals surface area contributed by atoms with Crippen LogP contribution < -0.4 is 15.5 Å². The molecular formula is C17H18N4O4.